The molecule has 0 atom stereocenters. The van der Waals surface area contributed by atoms with Crippen LogP contribution in [0.2, 0.25) is 5.02 Å². The normalized spacial score (nSPS) is 13.1. The van der Waals surface area contributed by atoms with Crippen molar-refractivity contribution in [1.82, 2.24) is 15.1 Å². The standard InChI is InChI=1S/C27H33ClN4O2/c1-4-5-24-14-25(27(33)30-23-8-6-20-15-29-11-10-19(20)13-23)31-32(24)16-21-12-22(28)7-9-26(21)34-17-18(2)3/h6-9,12-14,18,29H,4-5,10-11,15-17H2,1-3H3,(H,30,33). The van der Waals surface area contributed by atoms with Crippen molar-refractivity contribution in [3.05, 3.63) is 75.6 Å². The number of carbonyl (C=O) groups is 1. The average molecular weight is 481 g/mol. The van der Waals surface area contributed by atoms with Crippen LogP contribution in [0.25, 0.3) is 0 Å². The number of amides is 1. The molecule has 0 unspecified atom stereocenters. The summed E-state index contributed by atoms with van der Waals surface area (Å²) in [6, 6.07) is 13.7. The number of ether oxygens (including phenoxy) is 1. The summed E-state index contributed by atoms with van der Waals surface area (Å²) >= 11 is 6.29. The Balaban J connectivity index is 1.55. The monoisotopic (exact) mass is 480 g/mol. The van der Waals surface area contributed by atoms with Crippen LogP contribution in [0.15, 0.2) is 42.5 Å². The first-order chi connectivity index (χ1) is 16.4. The zero-order valence-corrected chi connectivity index (χ0v) is 20.9. The van der Waals surface area contributed by atoms with Gasteiger partial charge < -0.3 is 15.4 Å². The van der Waals surface area contributed by atoms with E-state index >= 15 is 0 Å². The first-order valence-electron chi connectivity index (χ1n) is 12.0. The van der Waals surface area contributed by atoms with Crippen molar-refractivity contribution in [2.24, 2.45) is 5.92 Å². The summed E-state index contributed by atoms with van der Waals surface area (Å²) in [5.41, 5.74) is 5.74. The fraction of sp³-hybridized carbons (Fsp3) is 0.407. The molecule has 1 aromatic heterocycles. The van der Waals surface area contributed by atoms with E-state index < -0.39 is 0 Å². The second kappa shape index (κ2) is 11.1. The molecule has 2 aromatic carbocycles. The van der Waals surface area contributed by atoms with Crippen LogP contribution in [0.3, 0.4) is 0 Å². The summed E-state index contributed by atoms with van der Waals surface area (Å²) in [6.45, 7) is 9.31. The molecule has 0 saturated heterocycles. The number of benzene rings is 2. The zero-order chi connectivity index (χ0) is 24.1. The molecule has 0 radical (unpaired) electrons. The molecule has 0 saturated carbocycles. The highest BCUT2D eigenvalue weighted by molar-refractivity contribution is 6.30. The van der Waals surface area contributed by atoms with E-state index in [9.17, 15) is 4.79 Å². The van der Waals surface area contributed by atoms with Gasteiger partial charge in [-0.3, -0.25) is 9.48 Å². The maximum Gasteiger partial charge on any atom is 0.276 e. The fourth-order valence-corrected chi connectivity index (χ4v) is 4.34. The molecule has 2 heterocycles. The van der Waals surface area contributed by atoms with Gasteiger partial charge in [0.25, 0.3) is 5.91 Å². The Labute approximate surface area is 206 Å². The first kappa shape index (κ1) is 24.3. The second-order valence-electron chi connectivity index (χ2n) is 9.25. The number of aromatic nitrogens is 2. The molecule has 7 heteroatoms. The zero-order valence-electron chi connectivity index (χ0n) is 20.2. The van der Waals surface area contributed by atoms with Gasteiger partial charge in [-0.05, 0) is 72.8 Å². The minimum atomic E-state index is -0.202. The van der Waals surface area contributed by atoms with Crippen molar-refractivity contribution < 1.29 is 9.53 Å². The Morgan fingerprint density at radius 1 is 1.21 bits per heavy atom. The third-order valence-electron chi connectivity index (χ3n) is 5.87. The highest BCUT2D eigenvalue weighted by atomic mass is 35.5. The van der Waals surface area contributed by atoms with Crippen LogP contribution in [-0.2, 0) is 25.9 Å². The Morgan fingerprint density at radius 2 is 2.06 bits per heavy atom. The lowest BCUT2D eigenvalue weighted by atomic mass is 10.0. The lowest BCUT2D eigenvalue weighted by Gasteiger charge is -2.17. The molecule has 0 bridgehead atoms. The van der Waals surface area contributed by atoms with E-state index in [-0.39, 0.29) is 5.91 Å². The Morgan fingerprint density at radius 3 is 2.85 bits per heavy atom. The third kappa shape index (κ3) is 5.99. The summed E-state index contributed by atoms with van der Waals surface area (Å²) in [7, 11) is 0. The molecule has 180 valence electrons. The van der Waals surface area contributed by atoms with Crippen LogP contribution in [-0.4, -0.2) is 28.8 Å². The summed E-state index contributed by atoms with van der Waals surface area (Å²) in [5.74, 6) is 1.01. The Hall–Kier alpha value is -2.83. The maximum atomic E-state index is 13.1. The van der Waals surface area contributed by atoms with Gasteiger partial charge in [0.2, 0.25) is 0 Å². The number of carbonyl (C=O) groups excluding carboxylic acids is 1. The molecule has 0 spiro atoms. The molecule has 6 nitrogen and oxygen atoms in total. The number of aryl methyl sites for hydroxylation is 1. The quantitative estimate of drug-likeness (QED) is 0.426. The lowest BCUT2D eigenvalue weighted by Crippen LogP contribution is -2.23. The predicted octanol–water partition coefficient (Wildman–Crippen LogP) is 5.47. The molecule has 1 aliphatic rings. The molecule has 1 aliphatic heterocycles. The highest BCUT2D eigenvalue weighted by Gasteiger charge is 2.17. The van der Waals surface area contributed by atoms with E-state index in [2.05, 4.69) is 48.6 Å². The fourth-order valence-electron chi connectivity index (χ4n) is 4.14. The minimum Gasteiger partial charge on any atom is -0.493 e. The van der Waals surface area contributed by atoms with Gasteiger partial charge in [-0.1, -0.05) is 44.9 Å². The van der Waals surface area contributed by atoms with Gasteiger partial charge in [-0.25, -0.2) is 0 Å². The van der Waals surface area contributed by atoms with Crippen LogP contribution in [0, 0.1) is 5.92 Å². The van der Waals surface area contributed by atoms with E-state index in [1.165, 1.54) is 11.1 Å². The van der Waals surface area contributed by atoms with Gasteiger partial charge in [0.15, 0.2) is 5.69 Å². The van der Waals surface area contributed by atoms with E-state index in [1.54, 1.807) is 0 Å². The van der Waals surface area contributed by atoms with E-state index in [4.69, 9.17) is 16.3 Å². The van der Waals surface area contributed by atoms with Gasteiger partial charge in [-0.15, -0.1) is 0 Å². The Kier molecular flexibility index (Phi) is 7.91. The molecule has 3 aromatic rings. The number of hydrogen-bond donors (Lipinski definition) is 2. The average Bonchev–Trinajstić information content (AvgIpc) is 3.21. The van der Waals surface area contributed by atoms with Crippen LogP contribution in [0.5, 0.6) is 5.75 Å². The summed E-state index contributed by atoms with van der Waals surface area (Å²) in [5, 5.41) is 11.7. The largest absolute Gasteiger partial charge is 0.493 e. The minimum absolute atomic E-state index is 0.202. The molecule has 1 amide bonds. The number of halogens is 1. The third-order valence-corrected chi connectivity index (χ3v) is 6.10. The lowest BCUT2D eigenvalue weighted by molar-refractivity contribution is 0.102. The van der Waals surface area contributed by atoms with Gasteiger partial charge in [0.05, 0.1) is 13.2 Å². The molecule has 0 aliphatic carbocycles. The SMILES string of the molecule is CCCc1cc(C(=O)Nc2ccc3c(c2)CCNC3)nn1Cc1cc(Cl)ccc1OCC(C)C. The molecular weight excluding hydrogens is 448 g/mol. The number of rotatable bonds is 9. The van der Waals surface area contributed by atoms with Crippen molar-refractivity contribution in [2.75, 3.05) is 18.5 Å². The first-order valence-corrected chi connectivity index (χ1v) is 12.4. The molecular formula is C27H33ClN4O2. The van der Waals surface area contributed by atoms with Crippen LogP contribution in [0.4, 0.5) is 5.69 Å². The van der Waals surface area contributed by atoms with Gasteiger partial charge in [-0.2, -0.15) is 5.10 Å². The van der Waals surface area contributed by atoms with E-state index in [0.717, 1.165) is 55.0 Å². The number of anilines is 1. The van der Waals surface area contributed by atoms with E-state index in [0.29, 0.717) is 29.8 Å². The van der Waals surface area contributed by atoms with Crippen molar-refractivity contribution in [3.63, 3.8) is 0 Å². The van der Waals surface area contributed by atoms with Crippen LogP contribution >= 0.6 is 11.6 Å². The van der Waals surface area contributed by atoms with Crippen molar-refractivity contribution in [2.45, 2.75) is 53.1 Å². The smallest absolute Gasteiger partial charge is 0.276 e. The van der Waals surface area contributed by atoms with E-state index in [1.807, 2.05) is 35.0 Å². The van der Waals surface area contributed by atoms with Gasteiger partial charge in [0.1, 0.15) is 5.75 Å². The number of hydrogen-bond acceptors (Lipinski definition) is 4. The number of nitrogens with one attached hydrogen (secondary N) is 2. The van der Waals surface area contributed by atoms with Crippen LogP contribution < -0.4 is 15.4 Å². The molecule has 34 heavy (non-hydrogen) atoms. The topological polar surface area (TPSA) is 68.2 Å². The van der Waals surface area contributed by atoms with Crippen molar-refractivity contribution >= 4 is 23.2 Å². The highest BCUT2D eigenvalue weighted by Crippen LogP contribution is 2.26. The number of fused-ring (bicyclic) bond motifs is 1. The summed E-state index contributed by atoms with van der Waals surface area (Å²) < 4.78 is 7.91. The molecule has 2 N–H and O–H groups in total. The Bertz CT molecular complexity index is 1160. The van der Waals surface area contributed by atoms with Crippen molar-refractivity contribution in [1.29, 1.82) is 0 Å². The van der Waals surface area contributed by atoms with Crippen molar-refractivity contribution in [3.8, 4) is 5.75 Å². The summed E-state index contributed by atoms with van der Waals surface area (Å²) in [4.78, 5) is 13.1. The number of nitrogens with zero attached hydrogens (tertiary/aromatic N) is 2. The molecule has 4 rings (SSSR count). The van der Waals surface area contributed by atoms with Gasteiger partial charge >= 0.3 is 0 Å². The molecule has 0 fully saturated rings. The van der Waals surface area contributed by atoms with Gasteiger partial charge in [0, 0.05) is 28.5 Å². The predicted molar refractivity (Wildman–Crippen MR) is 137 cm³/mol. The summed E-state index contributed by atoms with van der Waals surface area (Å²) in [6.07, 6.45) is 2.75. The van der Waals surface area contributed by atoms with Crippen LogP contribution in [0.1, 0.15) is 60.1 Å². The second-order valence-corrected chi connectivity index (χ2v) is 9.69. The maximum absolute atomic E-state index is 13.1.